The Balaban J connectivity index is 1.44. The highest BCUT2D eigenvalue weighted by atomic mass is 16.3. The summed E-state index contributed by atoms with van der Waals surface area (Å²) in [5, 5.41) is 4.58. The van der Waals surface area contributed by atoms with Crippen LogP contribution in [0.4, 0.5) is 11.6 Å². The van der Waals surface area contributed by atoms with E-state index in [9.17, 15) is 0 Å². The molecule has 0 fully saturated rings. The van der Waals surface area contributed by atoms with Gasteiger partial charge in [-0.25, -0.2) is 4.98 Å². The molecule has 0 saturated heterocycles. The van der Waals surface area contributed by atoms with E-state index < -0.39 is 0 Å². The van der Waals surface area contributed by atoms with Crippen LogP contribution in [0, 0.1) is 0 Å². The fourth-order valence-corrected chi connectivity index (χ4v) is 5.42. The number of rotatable bonds is 2. The van der Waals surface area contributed by atoms with E-state index in [2.05, 4.69) is 101 Å². The standard InChI is InChI=1S/C31H19N3O/c1-2-9-21(10-3-1)34-26-14-6-5-13-25(26)32-31(34)33-18-17-20-19-24-22-11-4-7-16-28(22)35-30(24)23-12-8-15-27(33)29(20)23/h1-19H. The molecular formula is C31H19N3O. The second-order valence-electron chi connectivity index (χ2n) is 8.90. The van der Waals surface area contributed by atoms with Crippen molar-refractivity contribution in [3.05, 3.63) is 115 Å². The lowest BCUT2D eigenvalue weighted by atomic mass is 9.96. The molecule has 0 saturated carbocycles. The van der Waals surface area contributed by atoms with Gasteiger partial charge in [-0.1, -0.05) is 60.7 Å². The summed E-state index contributed by atoms with van der Waals surface area (Å²) in [6.45, 7) is 0. The average molecular weight is 450 g/mol. The van der Waals surface area contributed by atoms with Crippen LogP contribution in [0.3, 0.4) is 0 Å². The monoisotopic (exact) mass is 449 g/mol. The predicted molar refractivity (Wildman–Crippen MR) is 143 cm³/mol. The number of anilines is 2. The number of aromatic nitrogens is 2. The number of imidazole rings is 1. The molecule has 8 rings (SSSR count). The number of benzene rings is 5. The Labute approximate surface area is 200 Å². The Morgan fingerprint density at radius 1 is 0.686 bits per heavy atom. The summed E-state index contributed by atoms with van der Waals surface area (Å²) >= 11 is 0. The Kier molecular flexibility index (Phi) is 3.63. The van der Waals surface area contributed by atoms with Gasteiger partial charge >= 0.3 is 0 Å². The van der Waals surface area contributed by atoms with Crippen molar-refractivity contribution in [3.63, 3.8) is 0 Å². The van der Waals surface area contributed by atoms with E-state index in [4.69, 9.17) is 9.40 Å². The Morgan fingerprint density at radius 3 is 2.43 bits per heavy atom. The molecule has 0 N–H and O–H groups in total. The molecule has 1 aliphatic heterocycles. The fraction of sp³-hybridized carbons (Fsp3) is 0. The normalized spacial score (nSPS) is 13.0. The third-order valence-corrected chi connectivity index (χ3v) is 6.95. The van der Waals surface area contributed by atoms with Crippen molar-refractivity contribution in [1.82, 2.24) is 9.55 Å². The van der Waals surface area contributed by atoms with E-state index >= 15 is 0 Å². The van der Waals surface area contributed by atoms with Gasteiger partial charge in [0.1, 0.15) is 11.2 Å². The quantitative estimate of drug-likeness (QED) is 0.267. The molecule has 35 heavy (non-hydrogen) atoms. The van der Waals surface area contributed by atoms with Crippen LogP contribution in [0.25, 0.3) is 55.5 Å². The van der Waals surface area contributed by atoms with Crippen LogP contribution < -0.4 is 4.90 Å². The molecule has 3 heterocycles. The summed E-state index contributed by atoms with van der Waals surface area (Å²) in [6.07, 6.45) is 4.32. The molecule has 4 heteroatoms. The first kappa shape index (κ1) is 18.6. The second kappa shape index (κ2) is 6.84. The minimum atomic E-state index is 0.858. The SMILES string of the molecule is C1=CN(c2nc3ccccc3n2-c2ccccc2)c2cccc3c2c1cc1c2ccccc2oc31. The first-order valence-electron chi connectivity index (χ1n) is 11.7. The fourth-order valence-electron chi connectivity index (χ4n) is 5.42. The van der Waals surface area contributed by atoms with Crippen molar-refractivity contribution in [2.75, 3.05) is 4.90 Å². The van der Waals surface area contributed by atoms with Crippen LogP contribution >= 0.6 is 0 Å². The molecule has 0 unspecified atom stereocenters. The van der Waals surface area contributed by atoms with Gasteiger partial charge in [0, 0.05) is 33.4 Å². The average Bonchev–Trinajstić information content (AvgIpc) is 3.48. The van der Waals surface area contributed by atoms with Gasteiger partial charge in [-0.2, -0.15) is 0 Å². The number of hydrogen-bond donors (Lipinski definition) is 0. The Morgan fingerprint density at radius 2 is 1.49 bits per heavy atom. The summed E-state index contributed by atoms with van der Waals surface area (Å²) in [6, 6.07) is 35.6. The molecule has 0 bridgehead atoms. The number of fused-ring (bicyclic) bond motifs is 5. The van der Waals surface area contributed by atoms with Crippen LogP contribution in [0.15, 0.2) is 114 Å². The van der Waals surface area contributed by atoms with Crippen molar-refractivity contribution in [2.45, 2.75) is 0 Å². The number of nitrogens with zero attached hydrogens (tertiary/aromatic N) is 3. The van der Waals surface area contributed by atoms with E-state index in [1.165, 1.54) is 10.9 Å². The lowest BCUT2D eigenvalue weighted by molar-refractivity contribution is 0.672. The molecular weight excluding hydrogens is 430 g/mol. The minimum Gasteiger partial charge on any atom is -0.455 e. The molecule has 0 spiro atoms. The third kappa shape index (κ3) is 2.53. The zero-order valence-electron chi connectivity index (χ0n) is 18.7. The van der Waals surface area contributed by atoms with Crippen molar-refractivity contribution in [3.8, 4) is 5.69 Å². The second-order valence-corrected chi connectivity index (χ2v) is 8.90. The molecule has 4 nitrogen and oxygen atoms in total. The summed E-state index contributed by atoms with van der Waals surface area (Å²) in [5.74, 6) is 0.858. The molecule has 0 atom stereocenters. The first-order chi connectivity index (χ1) is 17.4. The topological polar surface area (TPSA) is 34.2 Å². The van der Waals surface area contributed by atoms with E-state index in [0.717, 1.165) is 55.7 Å². The van der Waals surface area contributed by atoms with Gasteiger partial charge in [0.25, 0.3) is 0 Å². The summed E-state index contributed by atoms with van der Waals surface area (Å²) in [5.41, 5.74) is 7.24. The summed E-state index contributed by atoms with van der Waals surface area (Å²) in [4.78, 5) is 7.28. The molecule has 7 aromatic rings. The van der Waals surface area contributed by atoms with E-state index in [1.807, 2.05) is 24.3 Å². The predicted octanol–water partition coefficient (Wildman–Crippen LogP) is 8.20. The zero-order valence-corrected chi connectivity index (χ0v) is 18.7. The largest absolute Gasteiger partial charge is 0.455 e. The lowest BCUT2D eigenvalue weighted by Crippen LogP contribution is -2.16. The van der Waals surface area contributed by atoms with Crippen LogP contribution in [0.2, 0.25) is 0 Å². The van der Waals surface area contributed by atoms with Crippen molar-refractivity contribution >= 4 is 61.5 Å². The number of hydrogen-bond acceptors (Lipinski definition) is 3. The van der Waals surface area contributed by atoms with Gasteiger partial charge in [-0.15, -0.1) is 0 Å². The maximum atomic E-state index is 6.36. The highest BCUT2D eigenvalue weighted by Gasteiger charge is 2.24. The van der Waals surface area contributed by atoms with Gasteiger partial charge in [-0.3, -0.25) is 9.47 Å². The molecule has 5 aromatic carbocycles. The molecule has 0 radical (unpaired) electrons. The summed E-state index contributed by atoms with van der Waals surface area (Å²) < 4.78 is 8.59. The van der Waals surface area contributed by atoms with Gasteiger partial charge < -0.3 is 4.42 Å². The molecule has 2 aromatic heterocycles. The van der Waals surface area contributed by atoms with Crippen LogP contribution in [-0.2, 0) is 0 Å². The molecule has 164 valence electrons. The minimum absolute atomic E-state index is 0.858. The number of para-hydroxylation sites is 4. The highest BCUT2D eigenvalue weighted by Crippen LogP contribution is 2.44. The first-order valence-corrected chi connectivity index (χ1v) is 11.7. The van der Waals surface area contributed by atoms with Gasteiger partial charge in [0.15, 0.2) is 0 Å². The van der Waals surface area contributed by atoms with Crippen LogP contribution in [0.5, 0.6) is 0 Å². The van der Waals surface area contributed by atoms with E-state index in [1.54, 1.807) is 0 Å². The van der Waals surface area contributed by atoms with Gasteiger partial charge in [0.05, 0.1) is 16.7 Å². The van der Waals surface area contributed by atoms with Crippen LogP contribution in [0.1, 0.15) is 5.56 Å². The van der Waals surface area contributed by atoms with E-state index in [-0.39, 0.29) is 0 Å². The zero-order chi connectivity index (χ0) is 22.9. The Bertz CT molecular complexity index is 1960. The Hall–Kier alpha value is -4.83. The van der Waals surface area contributed by atoms with Gasteiger partial charge in [-0.05, 0) is 54.1 Å². The maximum Gasteiger partial charge on any atom is 0.220 e. The van der Waals surface area contributed by atoms with Crippen LogP contribution in [-0.4, -0.2) is 9.55 Å². The molecule has 0 amide bonds. The molecule has 1 aliphatic rings. The highest BCUT2D eigenvalue weighted by molar-refractivity contribution is 6.20. The smallest absolute Gasteiger partial charge is 0.220 e. The number of furan rings is 1. The van der Waals surface area contributed by atoms with Crippen molar-refractivity contribution < 1.29 is 4.42 Å². The summed E-state index contributed by atoms with van der Waals surface area (Å²) in [7, 11) is 0. The van der Waals surface area contributed by atoms with E-state index in [0.29, 0.717) is 0 Å². The van der Waals surface area contributed by atoms with Gasteiger partial charge in [0.2, 0.25) is 5.95 Å². The van der Waals surface area contributed by atoms with Crippen molar-refractivity contribution in [2.24, 2.45) is 0 Å². The van der Waals surface area contributed by atoms with Crippen molar-refractivity contribution in [1.29, 1.82) is 0 Å². The molecule has 0 aliphatic carbocycles. The maximum absolute atomic E-state index is 6.36. The lowest BCUT2D eigenvalue weighted by Gasteiger charge is -2.26. The third-order valence-electron chi connectivity index (χ3n) is 6.95.